The van der Waals surface area contributed by atoms with Crippen LogP contribution in [0.3, 0.4) is 0 Å². The van der Waals surface area contributed by atoms with Gasteiger partial charge in [-0.15, -0.1) is 6.58 Å². The quantitative estimate of drug-likeness (QED) is 0.602. The maximum Gasteiger partial charge on any atom is 0.431 e. The summed E-state index contributed by atoms with van der Waals surface area (Å²) in [5.74, 6) is 0. The van der Waals surface area contributed by atoms with Gasteiger partial charge in [-0.3, -0.25) is 14.0 Å². The number of halogens is 4. The van der Waals surface area contributed by atoms with Crippen LogP contribution in [-0.2, 0) is 19.8 Å². The van der Waals surface area contributed by atoms with Crippen molar-refractivity contribution in [3.05, 3.63) is 68.1 Å². The Kier molecular flexibility index (Phi) is 4.39. The predicted molar refractivity (Wildman–Crippen MR) is 93.5 cm³/mol. The van der Waals surface area contributed by atoms with Crippen LogP contribution in [0.2, 0.25) is 0 Å². The van der Waals surface area contributed by atoms with Crippen LogP contribution in [0.5, 0.6) is 0 Å². The average molecular weight is 429 g/mol. The Balaban J connectivity index is 2.29. The summed E-state index contributed by atoms with van der Waals surface area (Å²) in [6.45, 7) is 4.01. The third-order valence-electron chi connectivity index (χ3n) is 3.86. The normalized spacial score (nSPS) is 11.9. The van der Waals surface area contributed by atoms with Crippen molar-refractivity contribution < 1.29 is 13.2 Å². The highest BCUT2D eigenvalue weighted by atomic mass is 79.9. The lowest BCUT2D eigenvalue weighted by Gasteiger charge is -2.14. The van der Waals surface area contributed by atoms with Crippen LogP contribution in [0.4, 0.5) is 13.2 Å². The van der Waals surface area contributed by atoms with Gasteiger partial charge in [-0.25, -0.2) is 9.36 Å². The minimum absolute atomic E-state index is 0.148. The molecule has 136 valence electrons. The van der Waals surface area contributed by atoms with Gasteiger partial charge >= 0.3 is 11.9 Å². The predicted octanol–water partition coefficient (Wildman–Crippen LogP) is 2.85. The molecule has 3 rings (SSSR count). The molecule has 0 aliphatic rings. The topological polar surface area (TPSA) is 61.8 Å². The number of nitrogens with zero attached hydrogens (tertiary/aromatic N) is 4. The summed E-state index contributed by atoms with van der Waals surface area (Å²) >= 11 is 3.31. The zero-order valence-corrected chi connectivity index (χ0v) is 15.0. The van der Waals surface area contributed by atoms with Crippen molar-refractivity contribution >= 4 is 26.8 Å². The third kappa shape index (κ3) is 2.90. The van der Waals surface area contributed by atoms with Crippen LogP contribution in [0.1, 0.15) is 5.69 Å². The third-order valence-corrected chi connectivity index (χ3v) is 4.45. The Morgan fingerprint density at radius 3 is 2.58 bits per heavy atom. The first-order chi connectivity index (χ1) is 12.1. The van der Waals surface area contributed by atoms with E-state index in [0.29, 0.717) is 31.9 Å². The maximum absolute atomic E-state index is 13.0. The van der Waals surface area contributed by atoms with Crippen LogP contribution >= 0.6 is 15.9 Å². The van der Waals surface area contributed by atoms with Gasteiger partial charge in [-0.1, -0.05) is 6.08 Å². The molecule has 0 radical (unpaired) electrons. The standard InChI is InChI=1S/C16H12BrF3N4O2/c1-3-6-23-11-7-9(4-5-10(11)14(17)21-23)24-13(25)8-12(16(18,19)20)22(2)15(24)26/h3-5,7-8H,1,6H2,2H3. The molecule has 6 nitrogen and oxygen atoms in total. The van der Waals surface area contributed by atoms with Gasteiger partial charge in [-0.05, 0) is 34.1 Å². The van der Waals surface area contributed by atoms with E-state index in [-0.39, 0.29) is 5.69 Å². The number of benzene rings is 1. The molecule has 2 heterocycles. The molecule has 0 unspecified atom stereocenters. The van der Waals surface area contributed by atoms with Crippen molar-refractivity contribution in [2.24, 2.45) is 7.05 Å². The number of alkyl halides is 3. The number of rotatable bonds is 3. The fourth-order valence-electron chi connectivity index (χ4n) is 2.66. The van der Waals surface area contributed by atoms with Gasteiger partial charge in [0, 0.05) is 18.5 Å². The lowest BCUT2D eigenvalue weighted by molar-refractivity contribution is -0.144. The number of hydrogen-bond donors (Lipinski definition) is 0. The Labute approximate surface area is 152 Å². The fourth-order valence-corrected chi connectivity index (χ4v) is 3.18. The van der Waals surface area contributed by atoms with E-state index in [1.807, 2.05) is 0 Å². The molecule has 0 spiro atoms. The van der Waals surface area contributed by atoms with Gasteiger partial charge in [0.15, 0.2) is 0 Å². The van der Waals surface area contributed by atoms with Crippen molar-refractivity contribution in [1.82, 2.24) is 18.9 Å². The molecular weight excluding hydrogens is 417 g/mol. The SMILES string of the molecule is C=CCn1nc(Br)c2ccc(-n3c(=O)cc(C(F)(F)F)n(C)c3=O)cc21. The van der Waals surface area contributed by atoms with E-state index in [9.17, 15) is 22.8 Å². The molecule has 0 N–H and O–H groups in total. The molecule has 0 fully saturated rings. The molecule has 0 atom stereocenters. The zero-order chi connectivity index (χ0) is 19.2. The van der Waals surface area contributed by atoms with Crippen molar-refractivity contribution in [2.45, 2.75) is 12.7 Å². The van der Waals surface area contributed by atoms with E-state index in [0.717, 1.165) is 12.4 Å². The van der Waals surface area contributed by atoms with Gasteiger partial charge in [0.25, 0.3) is 5.56 Å². The first-order valence-electron chi connectivity index (χ1n) is 7.32. The minimum atomic E-state index is -4.80. The molecule has 10 heteroatoms. The molecule has 26 heavy (non-hydrogen) atoms. The molecule has 0 saturated heterocycles. The molecule has 3 aromatic rings. The summed E-state index contributed by atoms with van der Waals surface area (Å²) in [5, 5.41) is 4.99. The fraction of sp³-hybridized carbons (Fsp3) is 0.188. The lowest BCUT2D eigenvalue weighted by atomic mass is 10.2. The average Bonchev–Trinajstić information content (AvgIpc) is 2.86. The zero-order valence-electron chi connectivity index (χ0n) is 13.4. The van der Waals surface area contributed by atoms with Crippen LogP contribution in [0.25, 0.3) is 16.6 Å². The second-order valence-electron chi connectivity index (χ2n) is 5.51. The van der Waals surface area contributed by atoms with Crippen molar-refractivity contribution in [1.29, 1.82) is 0 Å². The summed E-state index contributed by atoms with van der Waals surface area (Å²) < 4.78 is 42.1. The van der Waals surface area contributed by atoms with Crippen molar-refractivity contribution in [3.8, 4) is 5.69 Å². The van der Waals surface area contributed by atoms with Gasteiger partial charge in [0.05, 0.1) is 17.7 Å². The van der Waals surface area contributed by atoms with E-state index in [2.05, 4.69) is 27.6 Å². The highest BCUT2D eigenvalue weighted by molar-refractivity contribution is 9.10. The minimum Gasteiger partial charge on any atom is -0.292 e. The summed E-state index contributed by atoms with van der Waals surface area (Å²) in [6, 6.07) is 5.03. The van der Waals surface area contributed by atoms with Crippen molar-refractivity contribution in [2.75, 3.05) is 0 Å². The van der Waals surface area contributed by atoms with E-state index in [1.54, 1.807) is 16.8 Å². The molecule has 0 saturated carbocycles. The Bertz CT molecular complexity index is 1140. The van der Waals surface area contributed by atoms with Crippen LogP contribution in [0, 0.1) is 0 Å². The van der Waals surface area contributed by atoms with Gasteiger partial charge < -0.3 is 0 Å². The molecule has 0 bridgehead atoms. The Hall–Kier alpha value is -2.62. The first-order valence-corrected chi connectivity index (χ1v) is 8.12. The van der Waals surface area contributed by atoms with Crippen LogP contribution < -0.4 is 11.2 Å². The number of hydrogen-bond acceptors (Lipinski definition) is 3. The molecule has 0 amide bonds. The van der Waals surface area contributed by atoms with Crippen LogP contribution in [-0.4, -0.2) is 18.9 Å². The van der Waals surface area contributed by atoms with Gasteiger partial charge in [0.2, 0.25) is 0 Å². The summed E-state index contributed by atoms with van der Waals surface area (Å²) in [4.78, 5) is 24.6. The first kappa shape index (κ1) is 18.2. The summed E-state index contributed by atoms with van der Waals surface area (Å²) in [5.41, 5.74) is -2.70. The Morgan fingerprint density at radius 2 is 1.96 bits per heavy atom. The largest absolute Gasteiger partial charge is 0.431 e. The lowest BCUT2D eigenvalue weighted by Crippen LogP contribution is -2.40. The molecule has 0 aliphatic heterocycles. The molecule has 0 aliphatic carbocycles. The molecular formula is C16H12BrF3N4O2. The summed E-state index contributed by atoms with van der Waals surface area (Å²) in [7, 11) is 0.970. The van der Waals surface area contributed by atoms with Crippen LogP contribution in [0.15, 0.2) is 51.1 Å². The number of aromatic nitrogens is 4. The molecule has 2 aromatic heterocycles. The smallest absolute Gasteiger partial charge is 0.292 e. The van der Waals surface area contributed by atoms with E-state index in [1.165, 1.54) is 12.1 Å². The number of allylic oxidation sites excluding steroid dienone is 1. The Morgan fingerprint density at radius 1 is 1.27 bits per heavy atom. The van der Waals surface area contributed by atoms with E-state index >= 15 is 0 Å². The summed E-state index contributed by atoms with van der Waals surface area (Å²) in [6.07, 6.45) is -3.18. The maximum atomic E-state index is 13.0. The second kappa shape index (κ2) is 6.27. The molecule has 1 aromatic carbocycles. The van der Waals surface area contributed by atoms with Crippen molar-refractivity contribution in [3.63, 3.8) is 0 Å². The van der Waals surface area contributed by atoms with Gasteiger partial charge in [-0.2, -0.15) is 18.3 Å². The van der Waals surface area contributed by atoms with E-state index < -0.39 is 23.1 Å². The monoisotopic (exact) mass is 428 g/mol. The highest BCUT2D eigenvalue weighted by Gasteiger charge is 2.35. The van der Waals surface area contributed by atoms with E-state index in [4.69, 9.17) is 0 Å². The van der Waals surface area contributed by atoms with Gasteiger partial charge in [0.1, 0.15) is 10.3 Å². The number of fused-ring (bicyclic) bond motifs is 1. The highest BCUT2D eigenvalue weighted by Crippen LogP contribution is 2.28. The second-order valence-corrected chi connectivity index (χ2v) is 6.26.